The molecule has 4 nitrogen and oxygen atoms in total. The second kappa shape index (κ2) is 6.86. The van der Waals surface area contributed by atoms with E-state index in [1.54, 1.807) is 4.90 Å². The lowest BCUT2D eigenvalue weighted by molar-refractivity contribution is -0.0700. The Morgan fingerprint density at radius 2 is 1.90 bits per heavy atom. The molecule has 1 aliphatic heterocycles. The summed E-state index contributed by atoms with van der Waals surface area (Å²) >= 11 is 3.60. The predicted molar refractivity (Wildman–Crippen MR) is 86.9 cm³/mol. The zero-order valence-electron chi connectivity index (χ0n) is 13.5. The van der Waals surface area contributed by atoms with Gasteiger partial charge in [0.1, 0.15) is 5.60 Å². The fraction of sp³-hybridized carbons (Fsp3) is 0.938. The SMILES string of the molecule is CC(C)(C)OC(=O)N1CCC(CBr)(OCCC2CC2)CC1. The first-order valence-electron chi connectivity index (χ1n) is 8.01. The summed E-state index contributed by atoms with van der Waals surface area (Å²) in [5.74, 6) is 0.902. The van der Waals surface area contributed by atoms with Gasteiger partial charge >= 0.3 is 6.09 Å². The van der Waals surface area contributed by atoms with E-state index in [-0.39, 0.29) is 11.7 Å². The Morgan fingerprint density at radius 1 is 1.29 bits per heavy atom. The molecule has 0 aromatic rings. The molecule has 0 aromatic carbocycles. The third-order valence-electron chi connectivity index (χ3n) is 4.20. The van der Waals surface area contributed by atoms with Crippen molar-refractivity contribution in [3.63, 3.8) is 0 Å². The smallest absolute Gasteiger partial charge is 0.410 e. The summed E-state index contributed by atoms with van der Waals surface area (Å²) < 4.78 is 11.6. The average molecular weight is 362 g/mol. The maximum absolute atomic E-state index is 12.1. The number of ether oxygens (including phenoxy) is 2. The molecule has 122 valence electrons. The van der Waals surface area contributed by atoms with Gasteiger partial charge in [-0.3, -0.25) is 0 Å². The third kappa shape index (κ3) is 5.44. The van der Waals surface area contributed by atoms with Crippen LogP contribution in [0.15, 0.2) is 0 Å². The van der Waals surface area contributed by atoms with Crippen molar-refractivity contribution in [3.05, 3.63) is 0 Å². The molecule has 0 bridgehead atoms. The van der Waals surface area contributed by atoms with Crippen molar-refractivity contribution in [2.45, 2.75) is 64.1 Å². The Bertz CT molecular complexity index is 355. The van der Waals surface area contributed by atoms with E-state index in [2.05, 4.69) is 15.9 Å². The third-order valence-corrected chi connectivity index (χ3v) is 5.22. The number of carbonyl (C=O) groups excluding carboxylic acids is 1. The second-order valence-corrected chi connectivity index (χ2v) is 7.93. The number of hydrogen-bond donors (Lipinski definition) is 0. The summed E-state index contributed by atoms with van der Waals surface area (Å²) in [5, 5.41) is 0.840. The monoisotopic (exact) mass is 361 g/mol. The molecule has 0 radical (unpaired) electrons. The highest BCUT2D eigenvalue weighted by molar-refractivity contribution is 9.09. The Kier molecular flexibility index (Phi) is 5.58. The largest absolute Gasteiger partial charge is 0.444 e. The molecule has 0 N–H and O–H groups in total. The summed E-state index contributed by atoms with van der Waals surface area (Å²) in [6, 6.07) is 0. The van der Waals surface area contributed by atoms with E-state index in [0.29, 0.717) is 13.1 Å². The first kappa shape index (κ1) is 17.1. The predicted octanol–water partition coefficient (Wildman–Crippen LogP) is 3.97. The lowest BCUT2D eigenvalue weighted by atomic mass is 9.93. The van der Waals surface area contributed by atoms with Crippen LogP contribution in [0.1, 0.15) is 52.9 Å². The molecular formula is C16H28BrNO3. The van der Waals surface area contributed by atoms with Crippen LogP contribution in [0.4, 0.5) is 4.79 Å². The van der Waals surface area contributed by atoms with Crippen molar-refractivity contribution in [3.8, 4) is 0 Å². The topological polar surface area (TPSA) is 38.8 Å². The Hall–Kier alpha value is -0.290. The standard InChI is InChI=1S/C16H28BrNO3/c1-15(2,3)21-14(19)18-9-7-16(12-17,8-10-18)20-11-6-13-4-5-13/h13H,4-12H2,1-3H3. The molecule has 1 saturated carbocycles. The fourth-order valence-electron chi connectivity index (χ4n) is 2.59. The first-order valence-corrected chi connectivity index (χ1v) is 9.14. The summed E-state index contributed by atoms with van der Waals surface area (Å²) in [5.41, 5.74) is -0.533. The van der Waals surface area contributed by atoms with Crippen LogP contribution in [0.25, 0.3) is 0 Å². The molecule has 2 rings (SSSR count). The van der Waals surface area contributed by atoms with E-state index in [1.807, 2.05) is 20.8 Å². The number of amides is 1. The molecule has 2 aliphatic rings. The summed E-state index contributed by atoms with van der Waals surface area (Å²) in [7, 11) is 0. The van der Waals surface area contributed by atoms with Crippen LogP contribution in [-0.4, -0.2) is 47.2 Å². The van der Waals surface area contributed by atoms with Gasteiger partial charge in [-0.1, -0.05) is 28.8 Å². The summed E-state index contributed by atoms with van der Waals surface area (Å²) in [4.78, 5) is 13.9. The Labute approximate surface area is 136 Å². The molecule has 5 heteroatoms. The van der Waals surface area contributed by atoms with Gasteiger partial charge in [-0.25, -0.2) is 4.79 Å². The molecule has 1 amide bonds. The van der Waals surface area contributed by atoms with Gasteiger partial charge in [0, 0.05) is 25.0 Å². The maximum Gasteiger partial charge on any atom is 0.410 e. The Morgan fingerprint density at radius 3 is 2.38 bits per heavy atom. The first-order chi connectivity index (χ1) is 9.84. The summed E-state index contributed by atoms with van der Waals surface area (Å²) in [6.07, 6.45) is 5.48. The minimum absolute atomic E-state index is 0.104. The lowest BCUT2D eigenvalue weighted by Crippen LogP contribution is -2.50. The maximum atomic E-state index is 12.1. The van der Waals surface area contributed by atoms with Crippen LogP contribution in [0.3, 0.4) is 0 Å². The molecule has 0 aromatic heterocycles. The zero-order chi connectivity index (χ0) is 15.5. The zero-order valence-corrected chi connectivity index (χ0v) is 15.1. The minimum Gasteiger partial charge on any atom is -0.444 e. The quantitative estimate of drug-likeness (QED) is 0.695. The highest BCUT2D eigenvalue weighted by atomic mass is 79.9. The molecule has 1 aliphatic carbocycles. The number of carbonyl (C=O) groups is 1. The number of halogens is 1. The molecule has 1 saturated heterocycles. The van der Waals surface area contributed by atoms with E-state index in [4.69, 9.17) is 9.47 Å². The van der Waals surface area contributed by atoms with Crippen LogP contribution in [0.5, 0.6) is 0 Å². The lowest BCUT2D eigenvalue weighted by Gasteiger charge is -2.41. The van der Waals surface area contributed by atoms with E-state index < -0.39 is 5.60 Å². The van der Waals surface area contributed by atoms with E-state index in [0.717, 1.165) is 30.7 Å². The van der Waals surface area contributed by atoms with Crippen molar-refractivity contribution < 1.29 is 14.3 Å². The van der Waals surface area contributed by atoms with Crippen LogP contribution in [0.2, 0.25) is 0 Å². The fourth-order valence-corrected chi connectivity index (χ4v) is 3.31. The number of rotatable bonds is 5. The average Bonchev–Trinajstić information content (AvgIpc) is 3.21. The van der Waals surface area contributed by atoms with Crippen molar-refractivity contribution in [2.75, 3.05) is 25.0 Å². The van der Waals surface area contributed by atoms with Gasteiger partial charge in [0.05, 0.1) is 5.60 Å². The molecule has 0 unspecified atom stereocenters. The normalized spacial score (nSPS) is 22.2. The van der Waals surface area contributed by atoms with Gasteiger partial charge in [-0.2, -0.15) is 0 Å². The molecule has 2 fully saturated rings. The second-order valence-electron chi connectivity index (χ2n) is 7.36. The molecule has 0 atom stereocenters. The number of hydrogen-bond acceptors (Lipinski definition) is 3. The van der Waals surface area contributed by atoms with Crippen LogP contribution in [0, 0.1) is 5.92 Å². The van der Waals surface area contributed by atoms with Crippen molar-refractivity contribution in [1.82, 2.24) is 4.90 Å². The van der Waals surface area contributed by atoms with E-state index in [9.17, 15) is 4.79 Å². The Balaban J connectivity index is 1.77. The van der Waals surface area contributed by atoms with Crippen LogP contribution < -0.4 is 0 Å². The molecule has 0 spiro atoms. The highest BCUT2D eigenvalue weighted by Gasteiger charge is 2.37. The number of alkyl halides is 1. The van der Waals surface area contributed by atoms with Crippen molar-refractivity contribution >= 4 is 22.0 Å². The highest BCUT2D eigenvalue weighted by Crippen LogP contribution is 2.34. The van der Waals surface area contributed by atoms with Crippen LogP contribution >= 0.6 is 15.9 Å². The van der Waals surface area contributed by atoms with E-state index in [1.165, 1.54) is 19.3 Å². The number of piperidine rings is 1. The van der Waals surface area contributed by atoms with Gasteiger partial charge < -0.3 is 14.4 Å². The number of nitrogens with zero attached hydrogens (tertiary/aromatic N) is 1. The van der Waals surface area contributed by atoms with Gasteiger partial charge in [0.25, 0.3) is 0 Å². The van der Waals surface area contributed by atoms with E-state index >= 15 is 0 Å². The van der Waals surface area contributed by atoms with Gasteiger partial charge in [-0.15, -0.1) is 0 Å². The van der Waals surface area contributed by atoms with Gasteiger partial charge in [0.15, 0.2) is 0 Å². The van der Waals surface area contributed by atoms with Gasteiger partial charge in [0.2, 0.25) is 0 Å². The van der Waals surface area contributed by atoms with Gasteiger partial charge in [-0.05, 0) is 46.0 Å². The molecule has 1 heterocycles. The minimum atomic E-state index is -0.429. The summed E-state index contributed by atoms with van der Waals surface area (Å²) in [6.45, 7) is 7.98. The van der Waals surface area contributed by atoms with Crippen molar-refractivity contribution in [1.29, 1.82) is 0 Å². The molecular weight excluding hydrogens is 334 g/mol. The number of likely N-dealkylation sites (tertiary alicyclic amines) is 1. The van der Waals surface area contributed by atoms with Crippen LogP contribution in [-0.2, 0) is 9.47 Å². The van der Waals surface area contributed by atoms with Crippen molar-refractivity contribution in [2.24, 2.45) is 5.92 Å². The molecule has 21 heavy (non-hydrogen) atoms.